The number of benzene rings is 1. The third-order valence-corrected chi connectivity index (χ3v) is 3.51. The van der Waals surface area contributed by atoms with Crippen LogP contribution in [0.1, 0.15) is 19.4 Å². The second-order valence-corrected chi connectivity index (χ2v) is 4.60. The molecule has 1 aliphatic rings. The zero-order valence-corrected chi connectivity index (χ0v) is 10.8. The van der Waals surface area contributed by atoms with Gasteiger partial charge >= 0.3 is 0 Å². The molecule has 2 rings (SSSR count). The van der Waals surface area contributed by atoms with Crippen LogP contribution in [-0.4, -0.2) is 20.8 Å². The van der Waals surface area contributed by atoms with E-state index in [4.69, 9.17) is 14.2 Å². The molecule has 0 fully saturated rings. The van der Waals surface area contributed by atoms with Gasteiger partial charge in [0.05, 0.1) is 19.6 Å². The number of rotatable bonds is 3. The molecule has 1 aromatic rings. The minimum Gasteiger partial charge on any atom is -0.496 e. The summed E-state index contributed by atoms with van der Waals surface area (Å²) in [5.74, 6) is 2.36. The van der Waals surface area contributed by atoms with E-state index in [-0.39, 0.29) is 5.41 Å². The lowest BCUT2D eigenvalue weighted by molar-refractivity contribution is 0.298. The SMILES string of the molecule is C=C(C)C1(C)COc2cc(OC)cc(OC)c21. The molecule has 0 aromatic heterocycles. The molecular weight excluding hydrogens is 216 g/mol. The Kier molecular flexibility index (Phi) is 2.77. The van der Waals surface area contributed by atoms with Crippen LogP contribution >= 0.6 is 0 Å². The normalized spacial score (nSPS) is 21.6. The third-order valence-electron chi connectivity index (χ3n) is 3.51. The highest BCUT2D eigenvalue weighted by Crippen LogP contribution is 2.49. The summed E-state index contributed by atoms with van der Waals surface area (Å²) in [7, 11) is 3.29. The Bertz CT molecular complexity index is 465. The first kappa shape index (κ1) is 11.8. The number of hydrogen-bond donors (Lipinski definition) is 0. The second kappa shape index (κ2) is 3.99. The van der Waals surface area contributed by atoms with Gasteiger partial charge in [-0.25, -0.2) is 0 Å². The summed E-state index contributed by atoms with van der Waals surface area (Å²) in [6, 6.07) is 3.78. The van der Waals surface area contributed by atoms with E-state index >= 15 is 0 Å². The Morgan fingerprint density at radius 2 is 2.06 bits per heavy atom. The van der Waals surface area contributed by atoms with Crippen molar-refractivity contribution in [1.82, 2.24) is 0 Å². The first-order chi connectivity index (χ1) is 8.02. The standard InChI is InChI=1S/C14H18O3/c1-9(2)14(3)8-17-12-7-10(15-4)6-11(16-5)13(12)14/h6-7H,1,8H2,2-5H3. The average molecular weight is 234 g/mol. The fourth-order valence-electron chi connectivity index (χ4n) is 2.13. The molecule has 0 saturated carbocycles. The monoisotopic (exact) mass is 234 g/mol. The molecule has 1 heterocycles. The van der Waals surface area contributed by atoms with Gasteiger partial charge in [-0.2, -0.15) is 0 Å². The van der Waals surface area contributed by atoms with E-state index in [2.05, 4.69) is 13.5 Å². The van der Waals surface area contributed by atoms with Gasteiger partial charge in [0.15, 0.2) is 0 Å². The van der Waals surface area contributed by atoms with Gasteiger partial charge in [0.1, 0.15) is 23.9 Å². The maximum Gasteiger partial charge on any atom is 0.130 e. The zero-order chi connectivity index (χ0) is 12.6. The van der Waals surface area contributed by atoms with Crippen molar-refractivity contribution in [2.24, 2.45) is 0 Å². The van der Waals surface area contributed by atoms with Crippen LogP contribution < -0.4 is 14.2 Å². The van der Waals surface area contributed by atoms with Crippen molar-refractivity contribution in [3.8, 4) is 17.2 Å². The fraction of sp³-hybridized carbons (Fsp3) is 0.429. The summed E-state index contributed by atoms with van der Waals surface area (Å²) >= 11 is 0. The van der Waals surface area contributed by atoms with Gasteiger partial charge in [-0.15, -0.1) is 0 Å². The lowest BCUT2D eigenvalue weighted by atomic mass is 9.78. The van der Waals surface area contributed by atoms with E-state index in [0.717, 1.165) is 28.4 Å². The lowest BCUT2D eigenvalue weighted by Crippen LogP contribution is -2.25. The third kappa shape index (κ3) is 1.66. The smallest absolute Gasteiger partial charge is 0.130 e. The molecule has 1 aliphatic heterocycles. The molecule has 1 atom stereocenters. The maximum atomic E-state index is 5.74. The Hall–Kier alpha value is -1.64. The average Bonchev–Trinajstić information content (AvgIpc) is 2.67. The van der Waals surface area contributed by atoms with E-state index in [1.54, 1.807) is 14.2 Å². The van der Waals surface area contributed by atoms with Crippen molar-refractivity contribution in [2.75, 3.05) is 20.8 Å². The molecule has 1 unspecified atom stereocenters. The zero-order valence-electron chi connectivity index (χ0n) is 10.8. The summed E-state index contributed by atoms with van der Waals surface area (Å²) in [4.78, 5) is 0. The topological polar surface area (TPSA) is 27.7 Å². The van der Waals surface area contributed by atoms with Crippen LogP contribution in [0, 0.1) is 0 Å². The van der Waals surface area contributed by atoms with Crippen LogP contribution in [0.2, 0.25) is 0 Å². The van der Waals surface area contributed by atoms with Crippen LogP contribution in [0.5, 0.6) is 17.2 Å². The van der Waals surface area contributed by atoms with Crippen LogP contribution in [0.25, 0.3) is 0 Å². The molecule has 17 heavy (non-hydrogen) atoms. The molecule has 0 radical (unpaired) electrons. The van der Waals surface area contributed by atoms with Gasteiger partial charge in [0.2, 0.25) is 0 Å². The fourth-order valence-corrected chi connectivity index (χ4v) is 2.13. The van der Waals surface area contributed by atoms with Gasteiger partial charge in [0.25, 0.3) is 0 Å². The number of ether oxygens (including phenoxy) is 3. The summed E-state index contributed by atoms with van der Waals surface area (Å²) < 4.78 is 16.4. The Morgan fingerprint density at radius 3 is 2.59 bits per heavy atom. The van der Waals surface area contributed by atoms with Crippen molar-refractivity contribution in [3.05, 3.63) is 29.8 Å². The van der Waals surface area contributed by atoms with Crippen LogP contribution in [0.15, 0.2) is 24.3 Å². The van der Waals surface area contributed by atoms with Crippen LogP contribution in [-0.2, 0) is 5.41 Å². The van der Waals surface area contributed by atoms with Gasteiger partial charge in [-0.3, -0.25) is 0 Å². The molecule has 3 nitrogen and oxygen atoms in total. The molecule has 0 saturated heterocycles. The highest BCUT2D eigenvalue weighted by Gasteiger charge is 2.40. The highest BCUT2D eigenvalue weighted by atomic mass is 16.5. The van der Waals surface area contributed by atoms with Crippen molar-refractivity contribution >= 4 is 0 Å². The van der Waals surface area contributed by atoms with Crippen molar-refractivity contribution in [2.45, 2.75) is 19.3 Å². The Morgan fingerprint density at radius 1 is 1.35 bits per heavy atom. The van der Waals surface area contributed by atoms with Gasteiger partial charge in [0, 0.05) is 17.7 Å². The second-order valence-electron chi connectivity index (χ2n) is 4.60. The molecule has 0 spiro atoms. The number of methoxy groups -OCH3 is 2. The van der Waals surface area contributed by atoms with E-state index in [1.165, 1.54) is 0 Å². The molecule has 0 amide bonds. The number of hydrogen-bond acceptors (Lipinski definition) is 3. The van der Waals surface area contributed by atoms with Crippen LogP contribution in [0.4, 0.5) is 0 Å². The molecule has 0 aliphatic carbocycles. The van der Waals surface area contributed by atoms with Crippen molar-refractivity contribution in [1.29, 1.82) is 0 Å². The van der Waals surface area contributed by atoms with Crippen LogP contribution in [0.3, 0.4) is 0 Å². The first-order valence-corrected chi connectivity index (χ1v) is 5.58. The molecule has 0 bridgehead atoms. The van der Waals surface area contributed by atoms with Gasteiger partial charge in [-0.05, 0) is 13.8 Å². The molecule has 1 aromatic carbocycles. The summed E-state index contributed by atoms with van der Waals surface area (Å²) in [6.07, 6.45) is 0. The molecule has 92 valence electrons. The summed E-state index contributed by atoms with van der Waals surface area (Å²) in [5, 5.41) is 0. The predicted molar refractivity (Wildman–Crippen MR) is 67.2 cm³/mol. The van der Waals surface area contributed by atoms with E-state index in [0.29, 0.717) is 6.61 Å². The highest BCUT2D eigenvalue weighted by molar-refractivity contribution is 5.59. The summed E-state index contributed by atoms with van der Waals surface area (Å²) in [6.45, 7) is 8.79. The van der Waals surface area contributed by atoms with Gasteiger partial charge < -0.3 is 14.2 Å². The molecule has 0 N–H and O–H groups in total. The summed E-state index contributed by atoms with van der Waals surface area (Å²) in [5.41, 5.74) is 1.94. The number of fused-ring (bicyclic) bond motifs is 1. The first-order valence-electron chi connectivity index (χ1n) is 5.58. The largest absolute Gasteiger partial charge is 0.496 e. The quantitative estimate of drug-likeness (QED) is 0.753. The van der Waals surface area contributed by atoms with Crippen molar-refractivity contribution < 1.29 is 14.2 Å². The molecular formula is C14H18O3. The molecule has 3 heteroatoms. The minimum absolute atomic E-state index is 0.188. The van der Waals surface area contributed by atoms with Crippen molar-refractivity contribution in [3.63, 3.8) is 0 Å². The minimum atomic E-state index is -0.188. The predicted octanol–water partition coefficient (Wildman–Crippen LogP) is 2.93. The maximum absolute atomic E-state index is 5.74. The van der Waals surface area contributed by atoms with Gasteiger partial charge in [-0.1, -0.05) is 12.2 Å². The van der Waals surface area contributed by atoms with E-state index in [9.17, 15) is 0 Å². The van der Waals surface area contributed by atoms with E-state index in [1.807, 2.05) is 19.1 Å². The Balaban J connectivity index is 2.63. The lowest BCUT2D eigenvalue weighted by Gasteiger charge is -2.24. The Labute approximate surface area is 102 Å². The van der Waals surface area contributed by atoms with E-state index < -0.39 is 0 Å².